The van der Waals surface area contributed by atoms with Gasteiger partial charge in [0.2, 0.25) is 0 Å². The van der Waals surface area contributed by atoms with Gasteiger partial charge in [-0.05, 0) is 32.1 Å². The maximum Gasteiger partial charge on any atom is 0.132 e. The second kappa shape index (κ2) is 4.11. The van der Waals surface area contributed by atoms with Gasteiger partial charge in [0.05, 0.1) is 5.69 Å². The van der Waals surface area contributed by atoms with Crippen LogP contribution in [0.15, 0.2) is 6.20 Å². The first kappa shape index (κ1) is 12.0. The van der Waals surface area contributed by atoms with E-state index in [-0.39, 0.29) is 0 Å². The lowest BCUT2D eigenvalue weighted by Crippen LogP contribution is -2.04. The molecule has 0 atom stereocenters. The third-order valence-electron chi connectivity index (χ3n) is 4.33. The molecule has 0 aliphatic heterocycles. The summed E-state index contributed by atoms with van der Waals surface area (Å²) in [6, 6.07) is 0.591. The number of nitrogens with zero attached hydrogens (tertiary/aromatic N) is 4. The first-order valence-corrected chi connectivity index (χ1v) is 7.59. The Hall–Kier alpha value is -1.78. The summed E-state index contributed by atoms with van der Waals surface area (Å²) in [4.78, 5) is 4.91. The summed E-state index contributed by atoms with van der Waals surface area (Å²) in [5.74, 6) is 2.69. The van der Waals surface area contributed by atoms with Crippen LogP contribution in [0.3, 0.4) is 0 Å². The van der Waals surface area contributed by atoms with Crippen molar-refractivity contribution in [1.82, 2.24) is 19.3 Å². The molecule has 2 N–H and O–H groups in total. The molecule has 2 saturated carbocycles. The molecule has 4 rings (SSSR count). The summed E-state index contributed by atoms with van der Waals surface area (Å²) in [6.45, 7) is 2.13. The molecule has 106 valence electrons. The summed E-state index contributed by atoms with van der Waals surface area (Å²) in [7, 11) is 1.96. The van der Waals surface area contributed by atoms with Crippen LogP contribution in [0.1, 0.15) is 56.1 Å². The van der Waals surface area contributed by atoms with Crippen molar-refractivity contribution in [2.24, 2.45) is 7.05 Å². The lowest BCUT2D eigenvalue weighted by atomic mass is 10.1. The largest absolute Gasteiger partial charge is 0.383 e. The average Bonchev–Trinajstić information content (AvgIpc) is 3.33. The molecule has 2 fully saturated rings. The molecule has 0 unspecified atom stereocenters. The van der Waals surface area contributed by atoms with E-state index in [4.69, 9.17) is 10.7 Å². The lowest BCUT2D eigenvalue weighted by Gasteiger charge is -2.07. The number of hydrogen-bond acceptors (Lipinski definition) is 3. The summed E-state index contributed by atoms with van der Waals surface area (Å²) >= 11 is 0. The Labute approximate surface area is 118 Å². The summed E-state index contributed by atoms with van der Waals surface area (Å²) in [5, 5.41) is 4.52. The third-order valence-corrected chi connectivity index (χ3v) is 4.33. The number of aryl methyl sites for hydroxylation is 2. The number of aromatic nitrogens is 4. The fourth-order valence-electron chi connectivity index (χ4n) is 3.00. The molecule has 0 amide bonds. The Kier molecular flexibility index (Phi) is 2.46. The van der Waals surface area contributed by atoms with Gasteiger partial charge in [0.1, 0.15) is 17.3 Å². The molecule has 2 heterocycles. The van der Waals surface area contributed by atoms with Crippen molar-refractivity contribution in [1.29, 1.82) is 0 Å². The van der Waals surface area contributed by atoms with Crippen molar-refractivity contribution < 1.29 is 0 Å². The Morgan fingerprint density at radius 1 is 1.30 bits per heavy atom. The molecule has 2 aromatic rings. The molecule has 0 aromatic carbocycles. The van der Waals surface area contributed by atoms with Gasteiger partial charge in [0.25, 0.3) is 0 Å². The normalized spacial score (nSPS) is 18.7. The molecule has 0 bridgehead atoms. The van der Waals surface area contributed by atoms with Gasteiger partial charge in [-0.2, -0.15) is 5.10 Å². The van der Waals surface area contributed by atoms with E-state index in [1.54, 1.807) is 0 Å². The van der Waals surface area contributed by atoms with Crippen molar-refractivity contribution in [3.63, 3.8) is 0 Å². The van der Waals surface area contributed by atoms with Crippen molar-refractivity contribution in [3.8, 4) is 11.3 Å². The molecule has 2 aliphatic carbocycles. The van der Waals surface area contributed by atoms with E-state index in [1.165, 1.54) is 31.5 Å². The molecule has 5 heteroatoms. The monoisotopic (exact) mass is 271 g/mol. The highest BCUT2D eigenvalue weighted by molar-refractivity contribution is 5.73. The highest BCUT2D eigenvalue weighted by atomic mass is 15.3. The minimum absolute atomic E-state index is 0.591. The van der Waals surface area contributed by atoms with Gasteiger partial charge in [-0.1, -0.05) is 6.92 Å². The maximum atomic E-state index is 6.44. The van der Waals surface area contributed by atoms with E-state index in [2.05, 4.69) is 16.6 Å². The van der Waals surface area contributed by atoms with Gasteiger partial charge in [-0.3, -0.25) is 4.68 Å². The maximum absolute atomic E-state index is 6.44. The van der Waals surface area contributed by atoms with E-state index < -0.39 is 0 Å². The minimum Gasteiger partial charge on any atom is -0.383 e. The molecular formula is C15H21N5. The zero-order chi connectivity index (χ0) is 13.9. The highest BCUT2D eigenvalue weighted by Crippen LogP contribution is 2.48. The van der Waals surface area contributed by atoms with Crippen molar-refractivity contribution in [2.75, 3.05) is 5.73 Å². The molecule has 5 nitrogen and oxygen atoms in total. The summed E-state index contributed by atoms with van der Waals surface area (Å²) in [5.41, 5.74) is 9.58. The minimum atomic E-state index is 0.591. The lowest BCUT2D eigenvalue weighted by molar-refractivity contribution is 0.691. The topological polar surface area (TPSA) is 61.7 Å². The van der Waals surface area contributed by atoms with Gasteiger partial charge in [0.15, 0.2) is 0 Å². The van der Waals surface area contributed by atoms with Crippen molar-refractivity contribution in [3.05, 3.63) is 17.7 Å². The van der Waals surface area contributed by atoms with Crippen LogP contribution in [0.5, 0.6) is 0 Å². The summed E-state index contributed by atoms with van der Waals surface area (Å²) < 4.78 is 4.17. The van der Waals surface area contributed by atoms with Gasteiger partial charge in [0, 0.05) is 30.8 Å². The molecule has 2 aliphatic rings. The molecule has 2 aromatic heterocycles. The first-order valence-electron chi connectivity index (χ1n) is 7.59. The number of imidazole rings is 1. The predicted octanol–water partition coefficient (Wildman–Crippen LogP) is 2.64. The van der Waals surface area contributed by atoms with Gasteiger partial charge in [-0.25, -0.2) is 4.98 Å². The van der Waals surface area contributed by atoms with E-state index in [9.17, 15) is 0 Å². The van der Waals surface area contributed by atoms with E-state index >= 15 is 0 Å². The molecule has 20 heavy (non-hydrogen) atoms. The number of nitrogens with two attached hydrogens (primary N) is 1. The second-order valence-corrected chi connectivity index (χ2v) is 6.10. The van der Waals surface area contributed by atoms with Crippen LogP contribution in [0.25, 0.3) is 11.3 Å². The standard InChI is InChI=1S/C15H21N5/c1-3-12-11(8-19(2)18-12)13-14(16)20(10-6-7-10)15(17-13)9-4-5-9/h8-10H,3-7,16H2,1-2H3. The van der Waals surface area contributed by atoms with Crippen LogP contribution in [-0.2, 0) is 13.5 Å². The Bertz CT molecular complexity index is 658. The Morgan fingerprint density at radius 3 is 2.65 bits per heavy atom. The predicted molar refractivity (Wildman–Crippen MR) is 78.5 cm³/mol. The van der Waals surface area contributed by atoms with Crippen LogP contribution >= 0.6 is 0 Å². The smallest absolute Gasteiger partial charge is 0.132 e. The molecule has 0 spiro atoms. The van der Waals surface area contributed by atoms with Crippen LogP contribution in [0, 0.1) is 0 Å². The Morgan fingerprint density at radius 2 is 2.05 bits per heavy atom. The van der Waals surface area contributed by atoms with Crippen molar-refractivity contribution >= 4 is 5.82 Å². The quantitative estimate of drug-likeness (QED) is 0.930. The Balaban J connectivity index is 1.87. The number of rotatable bonds is 4. The van der Waals surface area contributed by atoms with Crippen LogP contribution in [0.4, 0.5) is 5.82 Å². The average molecular weight is 271 g/mol. The number of hydrogen-bond donors (Lipinski definition) is 1. The third kappa shape index (κ3) is 1.76. The zero-order valence-corrected chi connectivity index (χ0v) is 12.1. The SMILES string of the molecule is CCc1nn(C)cc1-c1nc(C2CC2)n(C2CC2)c1N. The van der Waals surface area contributed by atoms with Gasteiger partial charge < -0.3 is 10.3 Å². The fourth-order valence-corrected chi connectivity index (χ4v) is 3.00. The number of anilines is 1. The van der Waals surface area contributed by atoms with E-state index in [1.807, 2.05) is 17.9 Å². The second-order valence-electron chi connectivity index (χ2n) is 6.10. The van der Waals surface area contributed by atoms with Crippen molar-refractivity contribution in [2.45, 2.75) is 51.0 Å². The van der Waals surface area contributed by atoms with Gasteiger partial charge >= 0.3 is 0 Å². The van der Waals surface area contributed by atoms with Gasteiger partial charge in [-0.15, -0.1) is 0 Å². The number of nitrogen functional groups attached to an aromatic ring is 1. The van der Waals surface area contributed by atoms with E-state index in [0.29, 0.717) is 12.0 Å². The van der Waals surface area contributed by atoms with Crippen LogP contribution in [-0.4, -0.2) is 19.3 Å². The van der Waals surface area contributed by atoms with E-state index in [0.717, 1.165) is 29.2 Å². The first-order chi connectivity index (χ1) is 9.69. The zero-order valence-electron chi connectivity index (χ0n) is 12.1. The van der Waals surface area contributed by atoms with Crippen LogP contribution < -0.4 is 5.73 Å². The molecule has 0 radical (unpaired) electrons. The van der Waals surface area contributed by atoms with Crippen LogP contribution in [0.2, 0.25) is 0 Å². The molecular weight excluding hydrogens is 250 g/mol. The summed E-state index contributed by atoms with van der Waals surface area (Å²) in [6.07, 6.45) is 7.96. The molecule has 0 saturated heterocycles. The highest BCUT2D eigenvalue weighted by Gasteiger charge is 2.37. The fraction of sp³-hybridized carbons (Fsp3) is 0.600.